The fourth-order valence-electron chi connectivity index (χ4n) is 2.09. The van der Waals surface area contributed by atoms with Gasteiger partial charge < -0.3 is 10.4 Å². The van der Waals surface area contributed by atoms with Gasteiger partial charge in [0.25, 0.3) is 0 Å². The van der Waals surface area contributed by atoms with Gasteiger partial charge in [0.15, 0.2) is 11.5 Å². The second-order valence-electron chi connectivity index (χ2n) is 4.05. The lowest BCUT2D eigenvalue weighted by molar-refractivity contribution is -0.114. The molecule has 0 spiro atoms. The van der Waals surface area contributed by atoms with Crippen molar-refractivity contribution in [2.24, 2.45) is 0 Å². The van der Waals surface area contributed by atoms with Gasteiger partial charge in [-0.05, 0) is 31.2 Å². The van der Waals surface area contributed by atoms with E-state index in [0.29, 0.717) is 17.8 Å². The summed E-state index contributed by atoms with van der Waals surface area (Å²) < 4.78 is 0. The summed E-state index contributed by atoms with van der Waals surface area (Å²) in [5, 5.41) is 19.1. The molecular formula is C11H13N3O3. The molecule has 0 saturated heterocycles. The first-order valence-electron chi connectivity index (χ1n) is 5.49. The molecule has 90 valence electrons. The Balaban J connectivity index is 2.50. The van der Waals surface area contributed by atoms with Crippen LogP contribution in [0.4, 0.5) is 5.82 Å². The molecule has 2 rings (SSSR count). The molecule has 6 nitrogen and oxygen atoms in total. The van der Waals surface area contributed by atoms with E-state index in [1.807, 2.05) is 0 Å². The molecular weight excluding hydrogens is 222 g/mol. The quantitative estimate of drug-likeness (QED) is 0.798. The molecule has 0 unspecified atom stereocenters. The number of rotatable bonds is 2. The van der Waals surface area contributed by atoms with E-state index in [0.717, 1.165) is 24.8 Å². The number of carbonyl (C=O) groups excluding carboxylic acids is 1. The maximum absolute atomic E-state index is 11.0. The number of carboxylic acid groups (broad SMARTS) is 1. The molecule has 1 aromatic heterocycles. The number of carbonyl (C=O) groups is 2. The lowest BCUT2D eigenvalue weighted by Gasteiger charge is -2.19. The predicted molar refractivity (Wildman–Crippen MR) is 59.9 cm³/mol. The number of aromatic nitrogens is 2. The molecule has 0 aromatic carbocycles. The Labute approximate surface area is 98.1 Å². The Kier molecular flexibility index (Phi) is 3.03. The van der Waals surface area contributed by atoms with Crippen LogP contribution >= 0.6 is 0 Å². The monoisotopic (exact) mass is 235 g/mol. The Bertz CT molecular complexity index is 485. The minimum atomic E-state index is -1.06. The number of aromatic carboxylic acids is 1. The Hall–Kier alpha value is -1.98. The fourth-order valence-corrected chi connectivity index (χ4v) is 2.09. The summed E-state index contributed by atoms with van der Waals surface area (Å²) in [6.07, 6.45) is 3.34. The van der Waals surface area contributed by atoms with Crippen molar-refractivity contribution in [1.29, 1.82) is 0 Å². The number of hydrogen-bond acceptors (Lipinski definition) is 4. The van der Waals surface area contributed by atoms with Crippen LogP contribution in [0.3, 0.4) is 0 Å². The molecule has 0 bridgehead atoms. The van der Waals surface area contributed by atoms with E-state index in [-0.39, 0.29) is 11.6 Å². The zero-order chi connectivity index (χ0) is 12.4. The van der Waals surface area contributed by atoms with Crippen LogP contribution in [0.15, 0.2) is 0 Å². The molecule has 2 N–H and O–H groups in total. The summed E-state index contributed by atoms with van der Waals surface area (Å²) in [6, 6.07) is 0. The van der Waals surface area contributed by atoms with Gasteiger partial charge in [-0.1, -0.05) is 0 Å². The largest absolute Gasteiger partial charge is 0.476 e. The minimum absolute atomic E-state index is 0.00815. The summed E-state index contributed by atoms with van der Waals surface area (Å²) >= 11 is 0. The zero-order valence-electron chi connectivity index (χ0n) is 9.49. The minimum Gasteiger partial charge on any atom is -0.476 e. The molecule has 6 heteroatoms. The van der Waals surface area contributed by atoms with Crippen LogP contribution in [0, 0.1) is 0 Å². The van der Waals surface area contributed by atoms with Crippen LogP contribution in [0.25, 0.3) is 0 Å². The van der Waals surface area contributed by atoms with E-state index in [1.54, 1.807) is 0 Å². The van der Waals surface area contributed by atoms with E-state index >= 15 is 0 Å². The molecule has 0 aliphatic heterocycles. The lowest BCUT2D eigenvalue weighted by atomic mass is 9.91. The summed E-state index contributed by atoms with van der Waals surface area (Å²) in [5.41, 5.74) is 1.54. The summed E-state index contributed by atoms with van der Waals surface area (Å²) in [5.74, 6) is -0.891. The lowest BCUT2D eigenvalue weighted by Crippen LogP contribution is -2.19. The van der Waals surface area contributed by atoms with Gasteiger partial charge in [-0.3, -0.25) is 4.79 Å². The number of fused-ring (bicyclic) bond motifs is 1. The molecule has 1 aliphatic carbocycles. The third-order valence-electron chi connectivity index (χ3n) is 2.79. The van der Waals surface area contributed by atoms with Crippen molar-refractivity contribution >= 4 is 17.7 Å². The number of hydrogen-bond donors (Lipinski definition) is 2. The molecule has 17 heavy (non-hydrogen) atoms. The Morgan fingerprint density at radius 1 is 1.18 bits per heavy atom. The number of carboxylic acids is 1. The fraction of sp³-hybridized carbons (Fsp3) is 0.455. The van der Waals surface area contributed by atoms with Crippen LogP contribution < -0.4 is 5.32 Å². The van der Waals surface area contributed by atoms with E-state index in [4.69, 9.17) is 5.11 Å². The molecule has 0 fully saturated rings. The van der Waals surface area contributed by atoms with E-state index in [1.165, 1.54) is 6.92 Å². The smallest absolute Gasteiger partial charge is 0.356 e. The van der Waals surface area contributed by atoms with Gasteiger partial charge in [0.05, 0.1) is 0 Å². The van der Waals surface area contributed by atoms with Crippen molar-refractivity contribution < 1.29 is 14.7 Å². The van der Waals surface area contributed by atoms with Crippen molar-refractivity contribution in [2.75, 3.05) is 5.32 Å². The molecule has 1 aromatic rings. The highest BCUT2D eigenvalue weighted by Crippen LogP contribution is 2.27. The van der Waals surface area contributed by atoms with Crippen LogP contribution in [0.2, 0.25) is 0 Å². The Morgan fingerprint density at radius 3 is 2.41 bits per heavy atom. The van der Waals surface area contributed by atoms with Crippen LogP contribution in [0.5, 0.6) is 0 Å². The van der Waals surface area contributed by atoms with Crippen molar-refractivity contribution in [3.63, 3.8) is 0 Å². The number of anilines is 1. The Morgan fingerprint density at radius 2 is 1.82 bits per heavy atom. The van der Waals surface area contributed by atoms with Crippen LogP contribution in [-0.4, -0.2) is 27.2 Å². The SMILES string of the molecule is CC(=O)Nc1nnc(C(=O)O)c2c1CCCC2. The van der Waals surface area contributed by atoms with Crippen molar-refractivity contribution in [2.45, 2.75) is 32.6 Å². The summed E-state index contributed by atoms with van der Waals surface area (Å²) in [4.78, 5) is 22.0. The second kappa shape index (κ2) is 4.48. The first kappa shape index (κ1) is 11.5. The van der Waals surface area contributed by atoms with Crippen LogP contribution in [0.1, 0.15) is 41.4 Å². The number of amides is 1. The normalized spacial score (nSPS) is 13.9. The maximum atomic E-state index is 11.0. The van der Waals surface area contributed by atoms with Gasteiger partial charge in [-0.2, -0.15) is 0 Å². The van der Waals surface area contributed by atoms with Crippen LogP contribution in [-0.2, 0) is 17.6 Å². The average Bonchev–Trinajstić information content (AvgIpc) is 2.28. The summed E-state index contributed by atoms with van der Waals surface area (Å²) in [6.45, 7) is 1.39. The van der Waals surface area contributed by atoms with E-state index in [2.05, 4.69) is 15.5 Å². The van der Waals surface area contributed by atoms with Crippen molar-refractivity contribution in [3.05, 3.63) is 16.8 Å². The average molecular weight is 235 g/mol. The molecule has 1 amide bonds. The molecule has 0 atom stereocenters. The van der Waals surface area contributed by atoms with Gasteiger partial charge in [0.1, 0.15) is 0 Å². The maximum Gasteiger partial charge on any atom is 0.356 e. The van der Waals surface area contributed by atoms with Gasteiger partial charge >= 0.3 is 5.97 Å². The van der Waals surface area contributed by atoms with E-state index in [9.17, 15) is 9.59 Å². The molecule has 1 heterocycles. The number of nitrogens with zero attached hydrogens (tertiary/aromatic N) is 2. The third kappa shape index (κ3) is 2.25. The van der Waals surface area contributed by atoms with Gasteiger partial charge in [-0.25, -0.2) is 4.79 Å². The summed E-state index contributed by atoms with van der Waals surface area (Å²) in [7, 11) is 0. The van der Waals surface area contributed by atoms with Crippen molar-refractivity contribution in [3.8, 4) is 0 Å². The highest BCUT2D eigenvalue weighted by Gasteiger charge is 2.23. The topological polar surface area (TPSA) is 92.2 Å². The van der Waals surface area contributed by atoms with Gasteiger partial charge in [0, 0.05) is 12.5 Å². The molecule has 1 aliphatic rings. The third-order valence-corrected chi connectivity index (χ3v) is 2.79. The zero-order valence-corrected chi connectivity index (χ0v) is 9.49. The second-order valence-corrected chi connectivity index (χ2v) is 4.05. The standard InChI is InChI=1S/C11H13N3O3/c1-6(15)12-10-8-5-3-2-4-7(8)9(11(16)17)13-14-10/h2-5H2,1H3,(H,16,17)(H,12,14,15). The highest BCUT2D eigenvalue weighted by molar-refractivity contribution is 5.91. The highest BCUT2D eigenvalue weighted by atomic mass is 16.4. The van der Waals surface area contributed by atoms with Crippen molar-refractivity contribution in [1.82, 2.24) is 10.2 Å². The molecule has 0 radical (unpaired) electrons. The van der Waals surface area contributed by atoms with Gasteiger partial charge in [0.2, 0.25) is 5.91 Å². The van der Waals surface area contributed by atoms with Gasteiger partial charge in [-0.15, -0.1) is 10.2 Å². The number of nitrogens with one attached hydrogen (secondary N) is 1. The first-order valence-corrected chi connectivity index (χ1v) is 5.49. The first-order chi connectivity index (χ1) is 8.09. The molecule has 0 saturated carbocycles. The predicted octanol–water partition coefficient (Wildman–Crippen LogP) is 1.01. The van der Waals surface area contributed by atoms with E-state index < -0.39 is 5.97 Å².